The van der Waals surface area contributed by atoms with E-state index in [0.29, 0.717) is 6.54 Å². The highest BCUT2D eigenvalue weighted by Gasteiger charge is 2.35. The Kier molecular flexibility index (Phi) is 3.65. The maximum atomic E-state index is 11.4. The molecule has 3 N–H and O–H groups in total. The lowest BCUT2D eigenvalue weighted by atomic mass is 10.1. The summed E-state index contributed by atoms with van der Waals surface area (Å²) in [5.74, 6) is -0.0561. The van der Waals surface area contributed by atoms with Crippen molar-refractivity contribution in [3.05, 3.63) is 0 Å². The molecule has 1 aliphatic heterocycles. The van der Waals surface area contributed by atoms with E-state index in [1.807, 2.05) is 6.92 Å². The minimum absolute atomic E-state index is 0.108. The SMILES string of the molecule is CCCN1C(=O)NC(=N)C1CC(=O)NC. The lowest BCUT2D eigenvalue weighted by Crippen LogP contribution is -2.39. The third-order valence-corrected chi connectivity index (χ3v) is 2.33. The number of hydrogen-bond acceptors (Lipinski definition) is 3. The smallest absolute Gasteiger partial charge is 0.323 e. The van der Waals surface area contributed by atoms with E-state index in [4.69, 9.17) is 5.41 Å². The van der Waals surface area contributed by atoms with E-state index in [9.17, 15) is 9.59 Å². The number of nitrogens with one attached hydrogen (secondary N) is 3. The van der Waals surface area contributed by atoms with Gasteiger partial charge in [-0.1, -0.05) is 6.92 Å². The molecule has 0 bridgehead atoms. The van der Waals surface area contributed by atoms with Crippen LogP contribution >= 0.6 is 0 Å². The van der Waals surface area contributed by atoms with Crippen LogP contribution in [-0.4, -0.2) is 42.3 Å². The molecule has 6 nitrogen and oxygen atoms in total. The monoisotopic (exact) mass is 212 g/mol. The standard InChI is InChI=1S/C9H16N4O2/c1-3-4-13-6(5-7(14)11-2)8(10)12-9(13)15/h6H,3-5H2,1-2H3,(H,11,14)(H2,10,12,15). The van der Waals surface area contributed by atoms with Crippen molar-refractivity contribution >= 4 is 17.8 Å². The zero-order valence-corrected chi connectivity index (χ0v) is 8.96. The Bertz CT molecular complexity index is 290. The molecule has 1 rings (SSSR count). The molecule has 84 valence electrons. The Morgan fingerprint density at radius 1 is 1.67 bits per heavy atom. The molecule has 0 aromatic rings. The molecule has 6 heteroatoms. The van der Waals surface area contributed by atoms with E-state index in [2.05, 4.69) is 10.6 Å². The molecular weight excluding hydrogens is 196 g/mol. The molecule has 1 saturated heterocycles. The molecule has 0 radical (unpaired) electrons. The van der Waals surface area contributed by atoms with Gasteiger partial charge in [0.15, 0.2) is 0 Å². The van der Waals surface area contributed by atoms with Crippen molar-refractivity contribution in [2.24, 2.45) is 0 Å². The first-order valence-corrected chi connectivity index (χ1v) is 4.96. The summed E-state index contributed by atoms with van der Waals surface area (Å²) in [5.41, 5.74) is 0. The van der Waals surface area contributed by atoms with E-state index in [-0.39, 0.29) is 24.2 Å². The topological polar surface area (TPSA) is 85.3 Å². The summed E-state index contributed by atoms with van der Waals surface area (Å²) in [4.78, 5) is 24.1. The summed E-state index contributed by atoms with van der Waals surface area (Å²) in [6.07, 6.45) is 0.957. The van der Waals surface area contributed by atoms with Gasteiger partial charge in [0.2, 0.25) is 5.91 Å². The number of amidine groups is 1. The van der Waals surface area contributed by atoms with Crippen LogP contribution in [0.25, 0.3) is 0 Å². The van der Waals surface area contributed by atoms with Crippen molar-refractivity contribution in [3.8, 4) is 0 Å². The predicted octanol–water partition coefficient (Wildman–Crippen LogP) is -0.0964. The molecule has 1 fully saturated rings. The quantitative estimate of drug-likeness (QED) is 0.608. The average Bonchev–Trinajstić information content (AvgIpc) is 2.45. The first-order valence-electron chi connectivity index (χ1n) is 4.96. The van der Waals surface area contributed by atoms with Crippen LogP contribution < -0.4 is 10.6 Å². The van der Waals surface area contributed by atoms with E-state index < -0.39 is 6.04 Å². The molecule has 15 heavy (non-hydrogen) atoms. The third-order valence-electron chi connectivity index (χ3n) is 2.33. The molecule has 1 unspecified atom stereocenters. The van der Waals surface area contributed by atoms with Gasteiger partial charge in [-0.25, -0.2) is 4.79 Å². The molecule has 1 atom stereocenters. The summed E-state index contributed by atoms with van der Waals surface area (Å²) in [6, 6.07) is -0.715. The molecule has 1 aliphatic rings. The van der Waals surface area contributed by atoms with Crippen molar-refractivity contribution in [1.82, 2.24) is 15.5 Å². The van der Waals surface area contributed by atoms with Gasteiger partial charge in [0, 0.05) is 13.6 Å². The van der Waals surface area contributed by atoms with Gasteiger partial charge in [0.05, 0.1) is 12.5 Å². The fourth-order valence-corrected chi connectivity index (χ4v) is 1.56. The van der Waals surface area contributed by atoms with Crippen LogP contribution in [-0.2, 0) is 4.79 Å². The lowest BCUT2D eigenvalue weighted by Gasteiger charge is -2.21. The molecule has 0 spiro atoms. The second-order valence-electron chi connectivity index (χ2n) is 3.43. The Balaban J connectivity index is 2.69. The Morgan fingerprint density at radius 2 is 2.33 bits per heavy atom. The maximum Gasteiger partial charge on any atom is 0.323 e. The number of carbonyl (C=O) groups excluding carboxylic acids is 2. The van der Waals surface area contributed by atoms with E-state index >= 15 is 0 Å². The maximum absolute atomic E-state index is 11.4. The highest BCUT2D eigenvalue weighted by molar-refractivity contribution is 6.07. The Labute approximate surface area is 88.5 Å². The third kappa shape index (κ3) is 2.45. The zero-order valence-electron chi connectivity index (χ0n) is 8.96. The minimum atomic E-state index is -0.433. The largest absolute Gasteiger partial charge is 0.359 e. The van der Waals surface area contributed by atoms with E-state index in [0.717, 1.165) is 6.42 Å². The number of hydrogen-bond donors (Lipinski definition) is 3. The summed E-state index contributed by atoms with van der Waals surface area (Å²) < 4.78 is 0. The van der Waals surface area contributed by atoms with Gasteiger partial charge in [-0.2, -0.15) is 0 Å². The van der Waals surface area contributed by atoms with Crippen molar-refractivity contribution in [2.45, 2.75) is 25.8 Å². The highest BCUT2D eigenvalue weighted by atomic mass is 16.2. The molecule has 3 amide bonds. The number of nitrogens with zero attached hydrogens (tertiary/aromatic N) is 1. The zero-order chi connectivity index (χ0) is 11.4. The fourth-order valence-electron chi connectivity index (χ4n) is 1.56. The summed E-state index contributed by atoms with van der Waals surface area (Å²) >= 11 is 0. The predicted molar refractivity (Wildman–Crippen MR) is 55.7 cm³/mol. The molecule has 0 aliphatic carbocycles. The van der Waals surface area contributed by atoms with Crippen molar-refractivity contribution in [2.75, 3.05) is 13.6 Å². The first-order chi connectivity index (χ1) is 7.10. The molecule has 0 aromatic heterocycles. The Morgan fingerprint density at radius 3 is 2.87 bits per heavy atom. The van der Waals surface area contributed by atoms with Gasteiger partial charge in [0.1, 0.15) is 5.84 Å². The van der Waals surface area contributed by atoms with Crippen LogP contribution in [0.4, 0.5) is 4.79 Å². The second kappa shape index (κ2) is 4.77. The van der Waals surface area contributed by atoms with Gasteiger partial charge in [-0.15, -0.1) is 0 Å². The molecule has 0 saturated carbocycles. The van der Waals surface area contributed by atoms with Crippen LogP contribution in [0.3, 0.4) is 0 Å². The number of carbonyl (C=O) groups is 2. The average molecular weight is 212 g/mol. The number of urea groups is 1. The summed E-state index contributed by atoms with van der Waals surface area (Å²) in [5, 5.41) is 12.5. The van der Waals surface area contributed by atoms with Crippen molar-refractivity contribution < 1.29 is 9.59 Å². The van der Waals surface area contributed by atoms with E-state index in [1.54, 1.807) is 7.05 Å². The lowest BCUT2D eigenvalue weighted by molar-refractivity contribution is -0.121. The second-order valence-corrected chi connectivity index (χ2v) is 3.43. The van der Waals surface area contributed by atoms with Crippen LogP contribution in [0.1, 0.15) is 19.8 Å². The van der Waals surface area contributed by atoms with Gasteiger partial charge in [0.25, 0.3) is 0 Å². The molecule has 0 aromatic carbocycles. The number of amides is 3. The van der Waals surface area contributed by atoms with Crippen LogP contribution in [0.5, 0.6) is 0 Å². The van der Waals surface area contributed by atoms with Crippen molar-refractivity contribution in [3.63, 3.8) is 0 Å². The van der Waals surface area contributed by atoms with Crippen molar-refractivity contribution in [1.29, 1.82) is 5.41 Å². The molecule has 1 heterocycles. The van der Waals surface area contributed by atoms with Crippen LogP contribution in [0, 0.1) is 5.41 Å². The summed E-state index contributed by atoms with van der Waals surface area (Å²) in [6.45, 7) is 2.52. The normalized spacial score (nSPS) is 20.4. The van der Waals surface area contributed by atoms with Gasteiger partial charge in [-0.3, -0.25) is 15.5 Å². The number of rotatable bonds is 4. The van der Waals surface area contributed by atoms with Gasteiger partial charge < -0.3 is 10.2 Å². The minimum Gasteiger partial charge on any atom is -0.359 e. The van der Waals surface area contributed by atoms with Gasteiger partial charge in [-0.05, 0) is 6.42 Å². The summed E-state index contributed by atoms with van der Waals surface area (Å²) in [7, 11) is 1.54. The van der Waals surface area contributed by atoms with Crippen LogP contribution in [0.15, 0.2) is 0 Å². The fraction of sp³-hybridized carbons (Fsp3) is 0.667. The molecular formula is C9H16N4O2. The van der Waals surface area contributed by atoms with Gasteiger partial charge >= 0.3 is 6.03 Å². The van der Waals surface area contributed by atoms with Crippen LogP contribution in [0.2, 0.25) is 0 Å². The Hall–Kier alpha value is -1.59. The van der Waals surface area contributed by atoms with E-state index in [1.165, 1.54) is 4.90 Å². The first kappa shape index (κ1) is 11.5. The highest BCUT2D eigenvalue weighted by Crippen LogP contribution is 2.12.